The van der Waals surface area contributed by atoms with E-state index in [1.54, 1.807) is 19.9 Å². The van der Waals surface area contributed by atoms with Gasteiger partial charge >= 0.3 is 6.18 Å². The van der Waals surface area contributed by atoms with Crippen LogP contribution in [0.15, 0.2) is 11.6 Å². The van der Waals surface area contributed by atoms with Crippen molar-refractivity contribution in [1.29, 1.82) is 0 Å². The molecule has 0 bridgehead atoms. The van der Waals surface area contributed by atoms with Gasteiger partial charge in [-0.15, -0.1) is 0 Å². The van der Waals surface area contributed by atoms with Crippen molar-refractivity contribution in [3.8, 4) is 0 Å². The second-order valence-electron chi connectivity index (χ2n) is 2.41. The van der Waals surface area contributed by atoms with Crippen LogP contribution in [-0.4, -0.2) is 19.4 Å². The second kappa shape index (κ2) is 4.38. The molecule has 4 heteroatoms. The maximum atomic E-state index is 11.4. The Hall–Kier alpha value is -0.510. The zero-order chi connectivity index (χ0) is 8.91. The highest BCUT2D eigenvalue weighted by molar-refractivity contribution is 4.92. The quantitative estimate of drug-likeness (QED) is 0.464. The number of halogens is 3. The molecule has 0 unspecified atom stereocenters. The van der Waals surface area contributed by atoms with E-state index in [1.807, 2.05) is 0 Å². The van der Waals surface area contributed by atoms with Gasteiger partial charge in [0, 0.05) is 0 Å². The highest BCUT2D eigenvalue weighted by Gasteiger charge is 2.26. The number of ether oxygens (including phenoxy) is 1. The second-order valence-corrected chi connectivity index (χ2v) is 2.41. The molecule has 0 aliphatic rings. The molecule has 11 heavy (non-hydrogen) atoms. The van der Waals surface area contributed by atoms with Gasteiger partial charge in [-0.2, -0.15) is 13.2 Å². The number of hydrogen-bond donors (Lipinski definition) is 0. The molecule has 0 aromatic rings. The van der Waals surface area contributed by atoms with E-state index in [9.17, 15) is 13.2 Å². The molecule has 0 aliphatic carbocycles. The van der Waals surface area contributed by atoms with Crippen LogP contribution in [0.1, 0.15) is 13.8 Å². The molecule has 0 aliphatic heterocycles. The Bertz CT molecular complexity index is 133. The highest BCUT2D eigenvalue weighted by Crippen LogP contribution is 2.14. The minimum atomic E-state index is -4.21. The predicted molar refractivity (Wildman–Crippen MR) is 36.3 cm³/mol. The molecule has 0 N–H and O–H groups in total. The van der Waals surface area contributed by atoms with Gasteiger partial charge in [0.15, 0.2) is 0 Å². The monoisotopic (exact) mass is 168 g/mol. The SMILES string of the molecule is CC(C)=CCOCC(F)(F)F. The molecule has 0 radical (unpaired) electrons. The van der Waals surface area contributed by atoms with Crippen molar-refractivity contribution in [1.82, 2.24) is 0 Å². The molecule has 0 rings (SSSR count). The van der Waals surface area contributed by atoms with E-state index in [-0.39, 0.29) is 6.61 Å². The summed E-state index contributed by atoms with van der Waals surface area (Å²) in [6, 6.07) is 0. The summed E-state index contributed by atoms with van der Waals surface area (Å²) in [5.74, 6) is 0. The van der Waals surface area contributed by atoms with Crippen molar-refractivity contribution in [3.63, 3.8) is 0 Å². The van der Waals surface area contributed by atoms with Crippen molar-refractivity contribution >= 4 is 0 Å². The van der Waals surface area contributed by atoms with Crippen LogP contribution in [0.5, 0.6) is 0 Å². The fourth-order valence-corrected chi connectivity index (χ4v) is 0.400. The van der Waals surface area contributed by atoms with Crippen LogP contribution in [-0.2, 0) is 4.74 Å². The first-order valence-electron chi connectivity index (χ1n) is 3.19. The zero-order valence-electron chi connectivity index (χ0n) is 6.53. The van der Waals surface area contributed by atoms with Crippen LogP contribution in [0.25, 0.3) is 0 Å². The van der Waals surface area contributed by atoms with E-state index in [0.717, 1.165) is 5.57 Å². The molecule has 0 spiro atoms. The van der Waals surface area contributed by atoms with Gasteiger partial charge in [0.05, 0.1) is 6.61 Å². The highest BCUT2D eigenvalue weighted by atomic mass is 19.4. The van der Waals surface area contributed by atoms with Crippen LogP contribution in [0, 0.1) is 0 Å². The molecule has 0 saturated carbocycles. The first kappa shape index (κ1) is 10.5. The summed E-state index contributed by atoms with van der Waals surface area (Å²) in [5, 5.41) is 0. The first-order chi connectivity index (χ1) is 4.92. The Balaban J connectivity index is 3.36. The zero-order valence-corrected chi connectivity index (χ0v) is 6.53. The summed E-state index contributed by atoms with van der Waals surface area (Å²) in [7, 11) is 0. The molecule has 0 aromatic carbocycles. The van der Waals surface area contributed by atoms with Crippen molar-refractivity contribution in [2.24, 2.45) is 0 Å². The van der Waals surface area contributed by atoms with Gasteiger partial charge in [-0.1, -0.05) is 11.6 Å². The lowest BCUT2D eigenvalue weighted by Crippen LogP contribution is -2.16. The van der Waals surface area contributed by atoms with Gasteiger partial charge in [0.1, 0.15) is 6.61 Å². The van der Waals surface area contributed by atoms with Crippen LogP contribution in [0.2, 0.25) is 0 Å². The van der Waals surface area contributed by atoms with Crippen LogP contribution in [0.4, 0.5) is 13.2 Å². The smallest absolute Gasteiger partial charge is 0.368 e. The summed E-state index contributed by atoms with van der Waals surface area (Å²) < 4.78 is 38.6. The van der Waals surface area contributed by atoms with Crippen molar-refractivity contribution in [3.05, 3.63) is 11.6 Å². The van der Waals surface area contributed by atoms with Gasteiger partial charge in [-0.05, 0) is 13.8 Å². The third kappa shape index (κ3) is 9.49. The van der Waals surface area contributed by atoms with Gasteiger partial charge in [0.2, 0.25) is 0 Å². The summed E-state index contributed by atoms with van der Waals surface area (Å²) >= 11 is 0. The summed E-state index contributed by atoms with van der Waals surface area (Å²) in [4.78, 5) is 0. The fraction of sp³-hybridized carbons (Fsp3) is 0.714. The van der Waals surface area contributed by atoms with Gasteiger partial charge in [0.25, 0.3) is 0 Å². The average molecular weight is 168 g/mol. The Kier molecular flexibility index (Phi) is 4.18. The Morgan fingerprint density at radius 3 is 2.27 bits per heavy atom. The van der Waals surface area contributed by atoms with E-state index in [2.05, 4.69) is 4.74 Å². The number of alkyl halides is 3. The largest absolute Gasteiger partial charge is 0.411 e. The van der Waals surface area contributed by atoms with Gasteiger partial charge in [-0.3, -0.25) is 0 Å². The van der Waals surface area contributed by atoms with Crippen molar-refractivity contribution < 1.29 is 17.9 Å². The minimum absolute atomic E-state index is 0.0296. The summed E-state index contributed by atoms with van der Waals surface area (Å²) in [6.45, 7) is 2.46. The lowest BCUT2D eigenvalue weighted by Gasteiger charge is -2.04. The minimum Gasteiger partial charge on any atom is -0.368 e. The predicted octanol–water partition coefficient (Wildman–Crippen LogP) is 2.53. The molecular formula is C7H11F3O. The van der Waals surface area contributed by atoms with Gasteiger partial charge < -0.3 is 4.74 Å². The molecular weight excluding hydrogens is 157 g/mol. The standard InChI is InChI=1S/C7H11F3O/c1-6(2)3-4-11-5-7(8,9)10/h3H,4-5H2,1-2H3. The maximum Gasteiger partial charge on any atom is 0.411 e. The number of allylic oxidation sites excluding steroid dienone is 1. The van der Waals surface area contributed by atoms with Crippen molar-refractivity contribution in [2.45, 2.75) is 20.0 Å². The molecule has 0 amide bonds. The molecule has 0 aromatic heterocycles. The summed E-state index contributed by atoms with van der Waals surface area (Å²) in [5.41, 5.74) is 0.951. The average Bonchev–Trinajstić information content (AvgIpc) is 1.78. The van der Waals surface area contributed by atoms with E-state index in [1.165, 1.54) is 0 Å². The van der Waals surface area contributed by atoms with Crippen molar-refractivity contribution in [2.75, 3.05) is 13.2 Å². The molecule has 66 valence electrons. The van der Waals surface area contributed by atoms with E-state index < -0.39 is 12.8 Å². The molecule has 0 fully saturated rings. The lowest BCUT2D eigenvalue weighted by atomic mass is 10.3. The van der Waals surface area contributed by atoms with E-state index >= 15 is 0 Å². The molecule has 1 nitrogen and oxygen atoms in total. The van der Waals surface area contributed by atoms with Crippen LogP contribution in [0.3, 0.4) is 0 Å². The molecule has 0 saturated heterocycles. The van der Waals surface area contributed by atoms with E-state index in [4.69, 9.17) is 0 Å². The number of hydrogen-bond acceptors (Lipinski definition) is 1. The Morgan fingerprint density at radius 1 is 1.36 bits per heavy atom. The normalized spacial score (nSPS) is 11.4. The Morgan fingerprint density at radius 2 is 1.91 bits per heavy atom. The van der Waals surface area contributed by atoms with Crippen LogP contribution < -0.4 is 0 Å². The third-order valence-corrected chi connectivity index (χ3v) is 0.875. The Labute approximate surface area is 63.8 Å². The van der Waals surface area contributed by atoms with E-state index in [0.29, 0.717) is 0 Å². The number of rotatable bonds is 3. The third-order valence-electron chi connectivity index (χ3n) is 0.875. The van der Waals surface area contributed by atoms with Gasteiger partial charge in [-0.25, -0.2) is 0 Å². The fourth-order valence-electron chi connectivity index (χ4n) is 0.400. The molecule has 0 atom stereocenters. The topological polar surface area (TPSA) is 9.23 Å². The maximum absolute atomic E-state index is 11.4. The summed E-state index contributed by atoms with van der Waals surface area (Å²) in [6.07, 6.45) is -2.61. The first-order valence-corrected chi connectivity index (χ1v) is 3.19. The molecule has 0 heterocycles. The lowest BCUT2D eigenvalue weighted by molar-refractivity contribution is -0.171. The van der Waals surface area contributed by atoms with Crippen LogP contribution >= 0.6 is 0 Å².